The van der Waals surface area contributed by atoms with Gasteiger partial charge in [-0.15, -0.1) is 12.4 Å². The molecular weight excluding hydrogens is 237 g/mol. The average Bonchev–Trinajstić information content (AvgIpc) is 2.54. The maximum absolute atomic E-state index is 12.9. The molecule has 0 amide bonds. The molecule has 0 N–H and O–H groups in total. The summed E-state index contributed by atoms with van der Waals surface area (Å²) in [5.41, 5.74) is 2.90. The average molecular weight is 256 g/mol. The lowest BCUT2D eigenvalue weighted by molar-refractivity contribution is 0.0543. The van der Waals surface area contributed by atoms with Crippen LogP contribution in [0.5, 0.6) is 0 Å². The van der Waals surface area contributed by atoms with E-state index in [0.29, 0.717) is 12.1 Å². The Morgan fingerprint density at radius 3 is 2.24 bits per heavy atom. The lowest BCUT2D eigenvalue weighted by Gasteiger charge is -2.38. The number of piperidine rings is 1. The molecule has 3 unspecified atom stereocenters. The first kappa shape index (κ1) is 12.8. The Bertz CT molecular complexity index is 365. The molecule has 1 fully saturated rings. The first-order valence-corrected chi connectivity index (χ1v) is 6.25. The van der Waals surface area contributed by atoms with Crippen LogP contribution >= 0.6 is 12.4 Å². The minimum Gasteiger partial charge on any atom is -0.284 e. The standard InChI is InChI=1S/C14H18FN.ClH/c1-10(9-15)16-13-7-4-8-14(16)12-6-3-2-5-11(12)13;/h2-3,5-6,10,13-14H,4,7-9H2,1H3;1H. The molecule has 0 saturated carbocycles. The Hall–Kier alpha value is -0.600. The van der Waals surface area contributed by atoms with Crippen molar-refractivity contribution >= 4 is 12.4 Å². The van der Waals surface area contributed by atoms with Gasteiger partial charge in [-0.05, 0) is 37.3 Å². The van der Waals surface area contributed by atoms with Crippen molar-refractivity contribution in [1.29, 1.82) is 0 Å². The molecule has 2 heterocycles. The molecule has 0 spiro atoms. The van der Waals surface area contributed by atoms with Gasteiger partial charge in [0.15, 0.2) is 0 Å². The van der Waals surface area contributed by atoms with E-state index in [9.17, 15) is 4.39 Å². The Kier molecular flexibility index (Phi) is 3.74. The van der Waals surface area contributed by atoms with E-state index < -0.39 is 0 Å². The minimum absolute atomic E-state index is 0. The fourth-order valence-electron chi connectivity index (χ4n) is 3.46. The van der Waals surface area contributed by atoms with Crippen LogP contribution in [-0.4, -0.2) is 17.6 Å². The summed E-state index contributed by atoms with van der Waals surface area (Å²) < 4.78 is 12.9. The van der Waals surface area contributed by atoms with Gasteiger partial charge in [-0.25, -0.2) is 4.39 Å². The number of hydrogen-bond donors (Lipinski definition) is 0. The van der Waals surface area contributed by atoms with E-state index in [1.165, 1.54) is 30.4 Å². The number of benzene rings is 1. The van der Waals surface area contributed by atoms with Crippen LogP contribution in [-0.2, 0) is 0 Å². The SMILES string of the molecule is CC(CF)N1C2CCCC1c1ccccc12.Cl. The monoisotopic (exact) mass is 255 g/mol. The molecule has 0 aromatic heterocycles. The fraction of sp³-hybridized carbons (Fsp3) is 0.571. The topological polar surface area (TPSA) is 3.24 Å². The first-order valence-electron chi connectivity index (χ1n) is 6.25. The summed E-state index contributed by atoms with van der Waals surface area (Å²) in [7, 11) is 0. The first-order chi connectivity index (χ1) is 7.83. The molecule has 0 aliphatic carbocycles. The van der Waals surface area contributed by atoms with Crippen molar-refractivity contribution in [2.75, 3.05) is 6.67 Å². The highest BCUT2D eigenvalue weighted by Crippen LogP contribution is 2.51. The Morgan fingerprint density at radius 2 is 1.76 bits per heavy atom. The Labute approximate surface area is 108 Å². The number of halogens is 2. The zero-order chi connectivity index (χ0) is 11.1. The summed E-state index contributed by atoms with van der Waals surface area (Å²) in [5.74, 6) is 0. The quantitative estimate of drug-likeness (QED) is 0.771. The van der Waals surface area contributed by atoms with Gasteiger partial charge in [0, 0.05) is 18.1 Å². The van der Waals surface area contributed by atoms with Crippen LogP contribution in [0.15, 0.2) is 24.3 Å². The number of alkyl halides is 1. The largest absolute Gasteiger partial charge is 0.284 e. The summed E-state index contributed by atoms with van der Waals surface area (Å²) in [6, 6.07) is 9.67. The molecule has 2 aliphatic heterocycles. The maximum Gasteiger partial charge on any atom is 0.105 e. The summed E-state index contributed by atoms with van der Waals surface area (Å²) in [4.78, 5) is 2.40. The normalized spacial score (nSPS) is 28.4. The van der Waals surface area contributed by atoms with Crippen LogP contribution in [0.1, 0.15) is 49.4 Å². The van der Waals surface area contributed by atoms with Crippen molar-refractivity contribution in [3.05, 3.63) is 35.4 Å². The maximum atomic E-state index is 12.9. The van der Waals surface area contributed by atoms with Gasteiger partial charge in [0.25, 0.3) is 0 Å². The van der Waals surface area contributed by atoms with E-state index in [1.54, 1.807) is 0 Å². The van der Waals surface area contributed by atoms with Crippen molar-refractivity contribution < 1.29 is 4.39 Å². The molecule has 3 heteroatoms. The molecule has 0 radical (unpaired) electrons. The van der Waals surface area contributed by atoms with Gasteiger partial charge in [0.2, 0.25) is 0 Å². The molecule has 3 atom stereocenters. The predicted octanol–water partition coefficient (Wildman–Crippen LogP) is 4.05. The van der Waals surface area contributed by atoms with Crippen molar-refractivity contribution in [2.45, 2.75) is 44.3 Å². The lowest BCUT2D eigenvalue weighted by Crippen LogP contribution is -2.38. The van der Waals surface area contributed by atoms with Gasteiger partial charge in [-0.3, -0.25) is 4.90 Å². The highest BCUT2D eigenvalue weighted by molar-refractivity contribution is 5.85. The number of rotatable bonds is 2. The summed E-state index contributed by atoms with van der Waals surface area (Å²) in [6.45, 7) is 1.78. The van der Waals surface area contributed by atoms with Crippen molar-refractivity contribution in [1.82, 2.24) is 4.90 Å². The predicted molar refractivity (Wildman–Crippen MR) is 70.3 cm³/mol. The molecular formula is C14H19ClFN. The fourth-order valence-corrected chi connectivity index (χ4v) is 3.46. The molecule has 1 saturated heterocycles. The molecule has 2 bridgehead atoms. The Balaban J connectivity index is 0.00000108. The number of fused-ring (bicyclic) bond motifs is 5. The zero-order valence-electron chi connectivity index (χ0n) is 10.1. The van der Waals surface area contributed by atoms with E-state index in [0.717, 1.165) is 0 Å². The van der Waals surface area contributed by atoms with Crippen LogP contribution in [0.25, 0.3) is 0 Å². The van der Waals surface area contributed by atoms with Crippen molar-refractivity contribution in [3.63, 3.8) is 0 Å². The van der Waals surface area contributed by atoms with Crippen molar-refractivity contribution in [2.24, 2.45) is 0 Å². The molecule has 1 aromatic rings. The van der Waals surface area contributed by atoms with E-state index in [1.807, 2.05) is 6.92 Å². The molecule has 3 rings (SSSR count). The highest BCUT2D eigenvalue weighted by Gasteiger charge is 2.42. The molecule has 2 aliphatic rings. The lowest BCUT2D eigenvalue weighted by atomic mass is 9.99. The highest BCUT2D eigenvalue weighted by atomic mass is 35.5. The van der Waals surface area contributed by atoms with Crippen LogP contribution in [0.4, 0.5) is 4.39 Å². The molecule has 17 heavy (non-hydrogen) atoms. The smallest absolute Gasteiger partial charge is 0.105 e. The van der Waals surface area contributed by atoms with Gasteiger partial charge < -0.3 is 0 Å². The van der Waals surface area contributed by atoms with E-state index in [4.69, 9.17) is 0 Å². The van der Waals surface area contributed by atoms with Crippen molar-refractivity contribution in [3.8, 4) is 0 Å². The minimum atomic E-state index is -0.235. The molecule has 1 aromatic carbocycles. The third kappa shape index (κ3) is 1.88. The third-order valence-electron chi connectivity index (χ3n) is 4.12. The number of nitrogens with zero attached hydrogens (tertiary/aromatic N) is 1. The second-order valence-corrected chi connectivity index (χ2v) is 5.04. The molecule has 1 nitrogen and oxygen atoms in total. The zero-order valence-corrected chi connectivity index (χ0v) is 10.9. The second-order valence-electron chi connectivity index (χ2n) is 5.04. The van der Waals surface area contributed by atoms with Gasteiger partial charge in [-0.1, -0.05) is 24.3 Å². The van der Waals surface area contributed by atoms with Gasteiger partial charge >= 0.3 is 0 Å². The van der Waals surface area contributed by atoms with E-state index in [2.05, 4.69) is 29.2 Å². The second kappa shape index (κ2) is 4.95. The van der Waals surface area contributed by atoms with E-state index in [-0.39, 0.29) is 25.1 Å². The van der Waals surface area contributed by atoms with Crippen LogP contribution in [0, 0.1) is 0 Å². The van der Waals surface area contributed by atoms with Crippen LogP contribution in [0.3, 0.4) is 0 Å². The summed E-state index contributed by atoms with van der Waals surface area (Å²) in [6.07, 6.45) is 3.66. The number of hydrogen-bond acceptors (Lipinski definition) is 1. The van der Waals surface area contributed by atoms with Gasteiger partial charge in [-0.2, -0.15) is 0 Å². The molecule has 94 valence electrons. The van der Waals surface area contributed by atoms with Gasteiger partial charge in [0.05, 0.1) is 0 Å². The third-order valence-corrected chi connectivity index (χ3v) is 4.12. The van der Waals surface area contributed by atoms with Gasteiger partial charge in [0.1, 0.15) is 6.67 Å². The summed E-state index contributed by atoms with van der Waals surface area (Å²) in [5, 5.41) is 0. The van der Waals surface area contributed by atoms with E-state index >= 15 is 0 Å². The van der Waals surface area contributed by atoms with Crippen LogP contribution < -0.4 is 0 Å². The summed E-state index contributed by atoms with van der Waals surface area (Å²) >= 11 is 0. The van der Waals surface area contributed by atoms with Crippen LogP contribution in [0.2, 0.25) is 0 Å². The Morgan fingerprint density at radius 1 is 1.24 bits per heavy atom.